The van der Waals surface area contributed by atoms with Gasteiger partial charge in [0.1, 0.15) is 6.33 Å². The lowest BCUT2D eigenvalue weighted by atomic mass is 10.1. The molecule has 0 unspecified atom stereocenters. The Morgan fingerprint density at radius 1 is 1.03 bits per heavy atom. The summed E-state index contributed by atoms with van der Waals surface area (Å²) < 4.78 is 0.839. The van der Waals surface area contributed by atoms with Gasteiger partial charge in [-0.2, -0.15) is 0 Å². The van der Waals surface area contributed by atoms with Crippen molar-refractivity contribution >= 4 is 44.8 Å². The molecule has 2 heterocycles. The fourth-order valence-electron chi connectivity index (χ4n) is 3.89. The first-order valence-corrected chi connectivity index (χ1v) is 11.5. The number of aryl methyl sites for hydroxylation is 1. The predicted octanol–water partition coefficient (Wildman–Crippen LogP) is 3.85. The zero-order chi connectivity index (χ0) is 24.2. The molecule has 10 nitrogen and oxygen atoms in total. The predicted molar refractivity (Wildman–Crippen MR) is 134 cm³/mol. The van der Waals surface area contributed by atoms with Gasteiger partial charge in [0.2, 0.25) is 11.6 Å². The highest BCUT2D eigenvalue weighted by Crippen LogP contribution is 2.33. The van der Waals surface area contributed by atoms with E-state index in [1.54, 1.807) is 24.3 Å². The molecule has 0 bridgehead atoms. The topological polar surface area (TPSA) is 117 Å². The number of hydrazine groups is 1. The molecular formula is C23H24BrN7O3. The van der Waals surface area contributed by atoms with Gasteiger partial charge in [-0.05, 0) is 55.3 Å². The molecule has 0 aliphatic carbocycles. The number of hydrogen-bond acceptors (Lipinski definition) is 8. The molecule has 3 aromatic rings. The molecule has 0 saturated carbocycles. The van der Waals surface area contributed by atoms with E-state index < -0.39 is 10.8 Å². The van der Waals surface area contributed by atoms with E-state index in [1.165, 1.54) is 23.1 Å². The Kier molecular flexibility index (Phi) is 6.92. The monoisotopic (exact) mass is 525 g/mol. The van der Waals surface area contributed by atoms with Crippen LogP contribution in [0.15, 0.2) is 53.3 Å². The average Bonchev–Trinajstić information content (AvgIpc) is 2.84. The number of carbonyl (C=O) groups is 1. The van der Waals surface area contributed by atoms with E-state index in [4.69, 9.17) is 0 Å². The summed E-state index contributed by atoms with van der Waals surface area (Å²) in [6.45, 7) is 6.73. The lowest BCUT2D eigenvalue weighted by Crippen LogP contribution is -2.47. The minimum Gasteiger partial charge on any atom is -0.368 e. The van der Waals surface area contributed by atoms with Gasteiger partial charge in [0, 0.05) is 41.9 Å². The maximum atomic E-state index is 12.4. The Bertz CT molecular complexity index is 1210. The zero-order valence-corrected chi connectivity index (χ0v) is 20.4. The highest BCUT2D eigenvalue weighted by atomic mass is 79.9. The minimum atomic E-state index is -0.527. The Balaban J connectivity index is 1.49. The highest BCUT2D eigenvalue weighted by Gasteiger charge is 2.30. The molecule has 11 heteroatoms. The van der Waals surface area contributed by atoms with Crippen molar-refractivity contribution < 1.29 is 9.72 Å². The number of anilines is 3. The highest BCUT2D eigenvalue weighted by molar-refractivity contribution is 9.10. The number of benzene rings is 2. The number of rotatable bonds is 6. The van der Waals surface area contributed by atoms with Crippen LogP contribution in [0.5, 0.6) is 0 Å². The second-order valence-corrected chi connectivity index (χ2v) is 8.85. The van der Waals surface area contributed by atoms with Crippen LogP contribution in [0.3, 0.4) is 0 Å². The molecule has 34 heavy (non-hydrogen) atoms. The van der Waals surface area contributed by atoms with Crippen LogP contribution in [0, 0.1) is 24.0 Å². The fourth-order valence-corrected chi connectivity index (χ4v) is 4.15. The van der Waals surface area contributed by atoms with Crippen LogP contribution >= 0.6 is 15.9 Å². The molecule has 2 aromatic carbocycles. The first kappa shape index (κ1) is 23.4. The first-order valence-electron chi connectivity index (χ1n) is 10.7. The SMILES string of the molecule is Cc1cccc(N2CCN(c3ncnc(NNC(=O)c4ccc(Br)cc4)c3[N+](=O)[O-])CC2)c1C. The Hall–Kier alpha value is -3.73. The van der Waals surface area contributed by atoms with Crippen molar-refractivity contribution in [3.05, 3.63) is 80.1 Å². The third-order valence-electron chi connectivity index (χ3n) is 5.88. The number of halogens is 1. The number of nitrogens with zero attached hydrogens (tertiary/aromatic N) is 5. The van der Waals surface area contributed by atoms with Crippen LogP contribution in [0.4, 0.5) is 23.0 Å². The molecule has 1 fully saturated rings. The van der Waals surface area contributed by atoms with Gasteiger partial charge < -0.3 is 9.80 Å². The van der Waals surface area contributed by atoms with Crippen molar-refractivity contribution in [3.8, 4) is 0 Å². The number of nitro groups is 1. The quantitative estimate of drug-likeness (QED) is 0.368. The average molecular weight is 526 g/mol. The molecule has 1 aliphatic rings. The van der Waals surface area contributed by atoms with Gasteiger partial charge in [-0.3, -0.25) is 25.8 Å². The van der Waals surface area contributed by atoms with Crippen LogP contribution in [-0.4, -0.2) is 47.0 Å². The van der Waals surface area contributed by atoms with Crippen LogP contribution in [-0.2, 0) is 0 Å². The summed E-state index contributed by atoms with van der Waals surface area (Å²) in [7, 11) is 0. The number of carbonyl (C=O) groups excluding carboxylic acids is 1. The lowest BCUT2D eigenvalue weighted by Gasteiger charge is -2.37. The molecule has 1 aliphatic heterocycles. The number of amides is 1. The van der Waals surface area contributed by atoms with E-state index >= 15 is 0 Å². The van der Waals surface area contributed by atoms with Crippen LogP contribution in [0.1, 0.15) is 21.5 Å². The van der Waals surface area contributed by atoms with E-state index in [0.29, 0.717) is 31.7 Å². The summed E-state index contributed by atoms with van der Waals surface area (Å²) in [5.74, 6) is -0.289. The second-order valence-electron chi connectivity index (χ2n) is 7.93. The third-order valence-corrected chi connectivity index (χ3v) is 6.41. The molecule has 1 aromatic heterocycles. The molecule has 0 spiro atoms. The van der Waals surface area contributed by atoms with Crippen molar-refractivity contribution in [2.75, 3.05) is 41.4 Å². The molecule has 1 saturated heterocycles. The van der Waals surface area contributed by atoms with E-state index in [0.717, 1.165) is 4.47 Å². The van der Waals surface area contributed by atoms with Crippen molar-refractivity contribution in [2.24, 2.45) is 0 Å². The maximum Gasteiger partial charge on any atom is 0.355 e. The van der Waals surface area contributed by atoms with Gasteiger partial charge in [-0.25, -0.2) is 9.97 Å². The molecule has 1 amide bonds. The number of nitrogens with one attached hydrogen (secondary N) is 2. The fraction of sp³-hybridized carbons (Fsp3) is 0.261. The molecule has 176 valence electrons. The number of aromatic nitrogens is 2. The molecular weight excluding hydrogens is 502 g/mol. The first-order chi connectivity index (χ1) is 16.3. The zero-order valence-electron chi connectivity index (χ0n) is 18.8. The van der Waals surface area contributed by atoms with Gasteiger partial charge in [-0.15, -0.1) is 0 Å². The van der Waals surface area contributed by atoms with E-state index in [-0.39, 0.29) is 17.3 Å². The Morgan fingerprint density at radius 2 is 1.71 bits per heavy atom. The number of piperazine rings is 1. The standard InChI is InChI=1S/C23H24BrN7O3/c1-15-4-3-5-19(16(15)2)29-10-12-30(13-11-29)22-20(31(33)34)21(25-14-26-22)27-28-23(32)17-6-8-18(24)9-7-17/h3-9,14H,10-13H2,1-2H3,(H,28,32)(H,25,26,27). The Morgan fingerprint density at radius 3 is 2.38 bits per heavy atom. The lowest BCUT2D eigenvalue weighted by molar-refractivity contribution is -0.383. The summed E-state index contributed by atoms with van der Waals surface area (Å²) in [6, 6.07) is 13.0. The molecule has 2 N–H and O–H groups in total. The van der Waals surface area contributed by atoms with Gasteiger partial charge in [0.25, 0.3) is 5.91 Å². The summed E-state index contributed by atoms with van der Waals surface area (Å²) >= 11 is 3.32. The third kappa shape index (κ3) is 4.93. The van der Waals surface area contributed by atoms with Crippen molar-refractivity contribution in [1.29, 1.82) is 0 Å². The van der Waals surface area contributed by atoms with Crippen molar-refractivity contribution in [2.45, 2.75) is 13.8 Å². The molecule has 0 radical (unpaired) electrons. The maximum absolute atomic E-state index is 12.4. The van der Waals surface area contributed by atoms with Crippen molar-refractivity contribution in [3.63, 3.8) is 0 Å². The minimum absolute atomic E-state index is 0.0718. The summed E-state index contributed by atoms with van der Waals surface area (Å²) in [5, 5.41) is 11.9. The van der Waals surface area contributed by atoms with E-state index in [1.807, 2.05) is 11.0 Å². The van der Waals surface area contributed by atoms with Crippen LogP contribution in [0.2, 0.25) is 0 Å². The van der Waals surface area contributed by atoms with Gasteiger partial charge in [-0.1, -0.05) is 28.1 Å². The summed E-state index contributed by atoms with van der Waals surface area (Å²) in [4.78, 5) is 36.2. The largest absolute Gasteiger partial charge is 0.368 e. The van der Waals surface area contributed by atoms with Gasteiger partial charge >= 0.3 is 5.69 Å². The number of hydrogen-bond donors (Lipinski definition) is 2. The molecule has 4 rings (SSSR count). The summed E-state index contributed by atoms with van der Waals surface area (Å²) in [6.07, 6.45) is 1.26. The van der Waals surface area contributed by atoms with Gasteiger partial charge in [0.05, 0.1) is 4.92 Å². The van der Waals surface area contributed by atoms with Crippen LogP contribution in [0.25, 0.3) is 0 Å². The summed E-state index contributed by atoms with van der Waals surface area (Å²) in [5.41, 5.74) is 8.83. The Labute approximate surface area is 205 Å². The van der Waals surface area contributed by atoms with E-state index in [9.17, 15) is 14.9 Å². The normalized spacial score (nSPS) is 13.5. The smallest absolute Gasteiger partial charge is 0.355 e. The second kappa shape index (κ2) is 10.0. The van der Waals surface area contributed by atoms with Gasteiger partial charge in [0.15, 0.2) is 0 Å². The molecule has 0 atom stereocenters. The van der Waals surface area contributed by atoms with Crippen molar-refractivity contribution in [1.82, 2.24) is 15.4 Å². The van der Waals surface area contributed by atoms with Crippen LogP contribution < -0.4 is 20.7 Å². The van der Waals surface area contributed by atoms with E-state index in [2.05, 4.69) is 67.6 Å².